The molecule has 0 spiro atoms. The number of aliphatic hydroxyl groups is 2. The molecule has 0 aliphatic rings. The number of nitrogens with zero attached hydrogens (tertiary/aromatic N) is 1. The molecule has 0 heterocycles. The van der Waals surface area contributed by atoms with Crippen LogP contribution in [0.5, 0.6) is 0 Å². The summed E-state index contributed by atoms with van der Waals surface area (Å²) in [6.45, 7) is -0.293. The molecule has 5 N–H and O–H groups in total. The van der Waals surface area contributed by atoms with Crippen molar-refractivity contribution in [3.05, 3.63) is 26.8 Å². The smallest absolute Gasteiger partial charge is 0.297 e. The fourth-order valence-corrected chi connectivity index (χ4v) is 1.83. The number of hydrogen-bond acceptors (Lipinski definition) is 6. The van der Waals surface area contributed by atoms with Gasteiger partial charge in [0.05, 0.1) is 27.8 Å². The summed E-state index contributed by atoms with van der Waals surface area (Å²) in [6, 6.07) is 1.34. The molecule has 1 aromatic carbocycles. The van der Waals surface area contributed by atoms with Crippen LogP contribution in [0, 0.1) is 10.1 Å². The summed E-state index contributed by atoms with van der Waals surface area (Å²) in [6.07, 6.45) is 0.0382. The van der Waals surface area contributed by atoms with Crippen LogP contribution in [0.15, 0.2) is 6.07 Å². The van der Waals surface area contributed by atoms with Crippen molar-refractivity contribution in [3.8, 4) is 0 Å². The van der Waals surface area contributed by atoms with E-state index in [0.717, 1.165) is 0 Å². The van der Waals surface area contributed by atoms with Crippen LogP contribution in [0.1, 0.15) is 5.56 Å². The molecular formula is C10H14ClN3O4. The van der Waals surface area contributed by atoms with Crippen molar-refractivity contribution in [2.24, 2.45) is 0 Å². The lowest BCUT2D eigenvalue weighted by Crippen LogP contribution is -2.11. The van der Waals surface area contributed by atoms with E-state index in [0.29, 0.717) is 0 Å². The predicted octanol–water partition coefficient (Wildman–Crippen LogP) is 0.769. The zero-order valence-corrected chi connectivity index (χ0v) is 10.3. The van der Waals surface area contributed by atoms with Crippen LogP contribution >= 0.6 is 11.6 Å². The number of halogens is 1. The largest absolute Gasteiger partial charge is 0.397 e. The molecular weight excluding hydrogens is 262 g/mol. The lowest BCUT2D eigenvalue weighted by Gasteiger charge is -2.12. The fraction of sp³-hybridized carbons (Fsp3) is 0.400. The standard InChI is InChI=1S/C10H14ClN3O4/c11-7-5-8(13-2-4-16)10(14(17)18)6(1-3-15)9(7)12/h5,13,15-16H,1-4,12H2. The highest BCUT2D eigenvalue weighted by atomic mass is 35.5. The van der Waals surface area contributed by atoms with Crippen LogP contribution in [0.3, 0.4) is 0 Å². The Morgan fingerprint density at radius 1 is 1.44 bits per heavy atom. The Balaban J connectivity index is 3.36. The Morgan fingerprint density at radius 3 is 2.61 bits per heavy atom. The molecule has 0 atom stereocenters. The minimum atomic E-state index is -0.586. The number of nitrogens with one attached hydrogen (secondary N) is 1. The topological polar surface area (TPSA) is 122 Å². The van der Waals surface area contributed by atoms with Gasteiger partial charge in [0, 0.05) is 19.6 Å². The van der Waals surface area contributed by atoms with Crippen LogP contribution in [0.25, 0.3) is 0 Å². The number of anilines is 2. The van der Waals surface area contributed by atoms with Crippen LogP contribution in [-0.4, -0.2) is 34.9 Å². The van der Waals surface area contributed by atoms with Crippen molar-refractivity contribution >= 4 is 28.7 Å². The highest BCUT2D eigenvalue weighted by Gasteiger charge is 2.24. The third kappa shape index (κ3) is 3.00. The Bertz CT molecular complexity index is 453. The van der Waals surface area contributed by atoms with Crippen molar-refractivity contribution in [1.29, 1.82) is 0 Å². The Kier molecular flexibility index (Phi) is 5.14. The molecule has 0 aliphatic heterocycles. The molecule has 1 rings (SSSR count). The molecule has 0 saturated heterocycles. The van der Waals surface area contributed by atoms with Gasteiger partial charge in [0.2, 0.25) is 0 Å². The second kappa shape index (κ2) is 6.39. The fourth-order valence-electron chi connectivity index (χ4n) is 1.61. The van der Waals surface area contributed by atoms with Gasteiger partial charge in [-0.3, -0.25) is 10.1 Å². The number of nitro benzene ring substituents is 1. The van der Waals surface area contributed by atoms with Gasteiger partial charge in [-0.2, -0.15) is 0 Å². The molecule has 0 aliphatic carbocycles. The van der Waals surface area contributed by atoms with Crippen LogP contribution in [0.2, 0.25) is 5.02 Å². The second-order valence-corrected chi connectivity index (χ2v) is 3.94. The normalized spacial score (nSPS) is 10.4. The van der Waals surface area contributed by atoms with Gasteiger partial charge in [-0.05, 0) is 6.07 Å². The maximum absolute atomic E-state index is 11.1. The van der Waals surface area contributed by atoms with E-state index >= 15 is 0 Å². The van der Waals surface area contributed by atoms with Gasteiger partial charge >= 0.3 is 0 Å². The summed E-state index contributed by atoms with van der Waals surface area (Å²) in [4.78, 5) is 10.5. The molecule has 18 heavy (non-hydrogen) atoms. The SMILES string of the molecule is Nc1c(Cl)cc(NCCO)c([N+](=O)[O-])c1CCO. The lowest BCUT2D eigenvalue weighted by atomic mass is 10.1. The summed E-state index contributed by atoms with van der Waals surface area (Å²) in [5, 5.41) is 31.6. The van der Waals surface area contributed by atoms with E-state index in [1.165, 1.54) is 6.07 Å². The maximum atomic E-state index is 11.1. The molecule has 0 bridgehead atoms. The first-order valence-electron chi connectivity index (χ1n) is 5.23. The molecule has 0 unspecified atom stereocenters. The van der Waals surface area contributed by atoms with Gasteiger partial charge in [-0.15, -0.1) is 0 Å². The Morgan fingerprint density at radius 2 is 2.11 bits per heavy atom. The van der Waals surface area contributed by atoms with Crippen molar-refractivity contribution in [2.45, 2.75) is 6.42 Å². The van der Waals surface area contributed by atoms with Crippen molar-refractivity contribution in [2.75, 3.05) is 30.8 Å². The Hall–Kier alpha value is -1.57. The summed E-state index contributed by atoms with van der Waals surface area (Å²) >= 11 is 5.88. The first-order chi connectivity index (χ1) is 8.52. The first kappa shape index (κ1) is 14.5. The molecule has 0 radical (unpaired) electrons. The summed E-state index contributed by atoms with van der Waals surface area (Å²) in [5.41, 5.74) is 5.91. The van der Waals surface area contributed by atoms with E-state index in [4.69, 9.17) is 27.5 Å². The van der Waals surface area contributed by atoms with Gasteiger partial charge < -0.3 is 21.3 Å². The average Bonchev–Trinajstić information content (AvgIpc) is 2.32. The van der Waals surface area contributed by atoms with Gasteiger partial charge in [0.15, 0.2) is 0 Å². The number of nitrogens with two attached hydrogens (primary N) is 1. The molecule has 0 saturated carbocycles. The van der Waals surface area contributed by atoms with E-state index in [1.807, 2.05) is 0 Å². The molecule has 8 heteroatoms. The lowest BCUT2D eigenvalue weighted by molar-refractivity contribution is -0.384. The van der Waals surface area contributed by atoms with Crippen molar-refractivity contribution in [3.63, 3.8) is 0 Å². The van der Waals surface area contributed by atoms with Crippen LogP contribution in [0.4, 0.5) is 17.1 Å². The van der Waals surface area contributed by atoms with Gasteiger partial charge in [0.25, 0.3) is 5.69 Å². The van der Waals surface area contributed by atoms with Crippen LogP contribution in [-0.2, 0) is 6.42 Å². The zero-order valence-electron chi connectivity index (χ0n) is 9.52. The quantitative estimate of drug-likeness (QED) is 0.346. The van der Waals surface area contributed by atoms with Gasteiger partial charge in [-0.25, -0.2) is 0 Å². The van der Waals surface area contributed by atoms with E-state index < -0.39 is 4.92 Å². The number of aliphatic hydroxyl groups excluding tert-OH is 2. The molecule has 0 aromatic heterocycles. The molecule has 7 nitrogen and oxygen atoms in total. The monoisotopic (exact) mass is 275 g/mol. The third-order valence-corrected chi connectivity index (χ3v) is 2.68. The number of hydrogen-bond donors (Lipinski definition) is 4. The Labute approximate surface area is 108 Å². The zero-order chi connectivity index (χ0) is 13.7. The minimum absolute atomic E-state index is 0.0382. The molecule has 0 amide bonds. The number of rotatable bonds is 6. The summed E-state index contributed by atoms with van der Waals surface area (Å²) < 4.78 is 0. The molecule has 0 fully saturated rings. The first-order valence-corrected chi connectivity index (χ1v) is 5.61. The maximum Gasteiger partial charge on any atom is 0.297 e. The van der Waals surface area contributed by atoms with Gasteiger partial charge in [-0.1, -0.05) is 11.6 Å². The highest BCUT2D eigenvalue weighted by Crippen LogP contribution is 2.38. The van der Waals surface area contributed by atoms with E-state index in [-0.39, 0.29) is 53.8 Å². The number of nitro groups is 1. The van der Waals surface area contributed by atoms with Gasteiger partial charge in [0.1, 0.15) is 5.69 Å². The third-order valence-electron chi connectivity index (χ3n) is 2.37. The highest BCUT2D eigenvalue weighted by molar-refractivity contribution is 6.33. The molecule has 100 valence electrons. The van der Waals surface area contributed by atoms with Crippen LogP contribution < -0.4 is 11.1 Å². The number of benzene rings is 1. The van der Waals surface area contributed by atoms with Crippen molar-refractivity contribution < 1.29 is 15.1 Å². The number of nitrogen functional groups attached to an aromatic ring is 1. The summed E-state index contributed by atoms with van der Waals surface area (Å²) in [7, 11) is 0. The predicted molar refractivity (Wildman–Crippen MR) is 68.9 cm³/mol. The minimum Gasteiger partial charge on any atom is -0.397 e. The second-order valence-electron chi connectivity index (χ2n) is 3.53. The van der Waals surface area contributed by atoms with E-state index in [2.05, 4.69) is 5.32 Å². The summed E-state index contributed by atoms with van der Waals surface area (Å²) in [5.74, 6) is 0. The van der Waals surface area contributed by atoms with Crippen molar-refractivity contribution in [1.82, 2.24) is 0 Å². The molecule has 1 aromatic rings. The van der Waals surface area contributed by atoms with E-state index in [9.17, 15) is 10.1 Å². The van der Waals surface area contributed by atoms with E-state index in [1.54, 1.807) is 0 Å². The average molecular weight is 276 g/mol.